The van der Waals surface area contributed by atoms with Gasteiger partial charge in [0.2, 0.25) is 0 Å². The summed E-state index contributed by atoms with van der Waals surface area (Å²) in [4.78, 5) is 28.4. The number of aliphatic hydroxyl groups is 1. The minimum absolute atomic E-state index is 0.00128. The van der Waals surface area contributed by atoms with Gasteiger partial charge in [0.05, 0.1) is 11.3 Å². The zero-order valence-electron chi connectivity index (χ0n) is 22.3. The number of likely N-dealkylation sites (N-methyl/N-ethyl adjacent to an activating group) is 1. The molecule has 0 aromatic heterocycles. The maximum Gasteiger partial charge on any atom is 0.256 e. The molecule has 38 heavy (non-hydrogen) atoms. The van der Waals surface area contributed by atoms with E-state index in [-0.39, 0.29) is 11.5 Å². The largest absolute Gasteiger partial charge is 0.387 e. The predicted molar refractivity (Wildman–Crippen MR) is 147 cm³/mol. The van der Waals surface area contributed by atoms with E-state index in [4.69, 9.17) is 0 Å². The second-order valence-corrected chi connectivity index (χ2v) is 10.3. The first-order chi connectivity index (χ1) is 18.3. The van der Waals surface area contributed by atoms with Gasteiger partial charge >= 0.3 is 0 Å². The SMILES string of the molecule is C=C(/C=C\C(=C\N/C1=C/CCCCCC1)NC)c1ccc(C(=O)N2CCN(C(=O)C3(O)CC3)CC2)c(F)c1. The van der Waals surface area contributed by atoms with Crippen molar-refractivity contribution >= 4 is 17.4 Å². The van der Waals surface area contributed by atoms with Crippen molar-refractivity contribution in [3.05, 3.63) is 77.5 Å². The van der Waals surface area contributed by atoms with Gasteiger partial charge in [0, 0.05) is 45.1 Å². The van der Waals surface area contributed by atoms with Crippen LogP contribution in [-0.2, 0) is 4.79 Å². The highest BCUT2D eigenvalue weighted by atomic mass is 19.1. The standard InChI is InChI=1S/C30H39FN4O3/c1-22(10-12-25(32-2)21-33-24-8-6-4-3-5-7-9-24)23-11-13-26(27(31)20-23)28(36)34-16-18-35(19-17-34)29(37)30(38)14-15-30/h8,10-13,20-21,32-33,38H,1,3-7,9,14-19H2,2H3/b12-10-,24-8+,25-21-. The highest BCUT2D eigenvalue weighted by molar-refractivity contribution is 5.95. The van der Waals surface area contributed by atoms with E-state index in [0.717, 1.165) is 18.5 Å². The number of nitrogens with zero attached hydrogens (tertiary/aromatic N) is 2. The highest BCUT2D eigenvalue weighted by Gasteiger charge is 2.50. The summed E-state index contributed by atoms with van der Waals surface area (Å²) in [6, 6.07) is 4.53. The van der Waals surface area contributed by atoms with Crippen molar-refractivity contribution in [3.63, 3.8) is 0 Å². The van der Waals surface area contributed by atoms with Crippen LogP contribution in [0.1, 0.15) is 67.3 Å². The van der Waals surface area contributed by atoms with E-state index in [9.17, 15) is 19.1 Å². The lowest BCUT2D eigenvalue weighted by molar-refractivity contribution is -0.143. The predicted octanol–water partition coefficient (Wildman–Crippen LogP) is 4.09. The van der Waals surface area contributed by atoms with Gasteiger partial charge in [-0.25, -0.2) is 4.39 Å². The number of amides is 2. The van der Waals surface area contributed by atoms with E-state index >= 15 is 0 Å². The lowest BCUT2D eigenvalue weighted by Gasteiger charge is -2.35. The molecule has 3 N–H and O–H groups in total. The molecular weight excluding hydrogens is 483 g/mol. The summed E-state index contributed by atoms with van der Waals surface area (Å²) in [5, 5.41) is 16.6. The smallest absolute Gasteiger partial charge is 0.256 e. The van der Waals surface area contributed by atoms with Gasteiger partial charge in [0.1, 0.15) is 11.4 Å². The maximum absolute atomic E-state index is 15.0. The minimum Gasteiger partial charge on any atom is -0.387 e. The van der Waals surface area contributed by atoms with Crippen molar-refractivity contribution in [2.45, 2.75) is 57.0 Å². The van der Waals surface area contributed by atoms with Gasteiger partial charge in [-0.1, -0.05) is 37.6 Å². The Balaban J connectivity index is 1.33. The van der Waals surface area contributed by atoms with Crippen molar-refractivity contribution in [2.24, 2.45) is 0 Å². The number of hydrogen-bond acceptors (Lipinski definition) is 5. The molecular formula is C30H39FN4O3. The van der Waals surface area contributed by atoms with Gasteiger partial charge in [-0.2, -0.15) is 0 Å². The van der Waals surface area contributed by atoms with E-state index in [1.165, 1.54) is 43.5 Å². The van der Waals surface area contributed by atoms with Crippen LogP contribution in [0.3, 0.4) is 0 Å². The van der Waals surface area contributed by atoms with Gasteiger partial charge in [0.25, 0.3) is 11.8 Å². The average Bonchev–Trinajstić information content (AvgIpc) is 3.67. The Bertz CT molecular complexity index is 1140. The Hall–Kier alpha value is -3.39. The van der Waals surface area contributed by atoms with Gasteiger partial charge in [-0.15, -0.1) is 0 Å². The number of benzene rings is 1. The minimum atomic E-state index is -1.21. The number of allylic oxidation sites excluding steroid dienone is 5. The number of piperazine rings is 1. The molecule has 1 aliphatic heterocycles. The van der Waals surface area contributed by atoms with Gasteiger partial charge in [-0.3, -0.25) is 9.59 Å². The van der Waals surface area contributed by atoms with Crippen LogP contribution >= 0.6 is 0 Å². The van der Waals surface area contributed by atoms with Crippen molar-refractivity contribution < 1.29 is 19.1 Å². The fraction of sp³-hybridized carbons (Fsp3) is 0.467. The van der Waals surface area contributed by atoms with Crippen LogP contribution in [0.15, 0.2) is 60.6 Å². The summed E-state index contributed by atoms with van der Waals surface area (Å²) >= 11 is 0. The summed E-state index contributed by atoms with van der Waals surface area (Å²) in [5.41, 5.74) is 2.11. The third-order valence-electron chi connectivity index (χ3n) is 7.50. The molecule has 1 aromatic rings. The first-order valence-electron chi connectivity index (χ1n) is 13.6. The number of hydrogen-bond donors (Lipinski definition) is 3. The molecule has 2 amide bonds. The van der Waals surface area contributed by atoms with Crippen LogP contribution in [0, 0.1) is 5.82 Å². The third-order valence-corrected chi connectivity index (χ3v) is 7.50. The second kappa shape index (κ2) is 12.4. The molecule has 4 rings (SSSR count). The molecule has 2 aliphatic carbocycles. The number of carbonyl (C=O) groups excluding carboxylic acids is 2. The molecule has 8 heteroatoms. The van der Waals surface area contributed by atoms with Gasteiger partial charge in [0.15, 0.2) is 0 Å². The zero-order chi connectivity index (χ0) is 27.1. The summed E-state index contributed by atoms with van der Waals surface area (Å²) in [7, 11) is 1.84. The quantitative estimate of drug-likeness (QED) is 0.448. The molecule has 204 valence electrons. The lowest BCUT2D eigenvalue weighted by atomic mass is 10.0. The van der Waals surface area contributed by atoms with Crippen LogP contribution in [0.5, 0.6) is 0 Å². The normalized spacial score (nSPS) is 21.2. The van der Waals surface area contributed by atoms with Crippen LogP contribution in [-0.4, -0.2) is 65.5 Å². The van der Waals surface area contributed by atoms with Crippen molar-refractivity contribution in [1.82, 2.24) is 20.4 Å². The van der Waals surface area contributed by atoms with E-state index in [1.807, 2.05) is 25.4 Å². The first kappa shape index (κ1) is 27.6. The molecule has 1 heterocycles. The maximum atomic E-state index is 15.0. The van der Waals surface area contributed by atoms with Gasteiger partial charge in [-0.05, 0) is 67.9 Å². The Morgan fingerprint density at radius 2 is 1.76 bits per heavy atom. The molecule has 3 aliphatic rings. The first-order valence-corrected chi connectivity index (χ1v) is 13.6. The summed E-state index contributed by atoms with van der Waals surface area (Å²) < 4.78 is 15.0. The molecule has 0 unspecified atom stereocenters. The topological polar surface area (TPSA) is 84.9 Å². The monoisotopic (exact) mass is 522 g/mol. The summed E-state index contributed by atoms with van der Waals surface area (Å²) in [6.45, 7) is 5.35. The molecule has 0 radical (unpaired) electrons. The third kappa shape index (κ3) is 6.92. The lowest BCUT2D eigenvalue weighted by Crippen LogP contribution is -2.53. The fourth-order valence-electron chi connectivity index (χ4n) is 4.78. The zero-order valence-corrected chi connectivity index (χ0v) is 22.3. The van der Waals surface area contributed by atoms with E-state index in [1.54, 1.807) is 15.9 Å². The van der Waals surface area contributed by atoms with Crippen LogP contribution in [0.2, 0.25) is 0 Å². The Morgan fingerprint density at radius 3 is 2.45 bits per heavy atom. The molecule has 2 fully saturated rings. The van der Waals surface area contributed by atoms with Crippen molar-refractivity contribution in [1.29, 1.82) is 0 Å². The molecule has 1 aromatic carbocycles. The molecule has 1 saturated heterocycles. The summed E-state index contributed by atoms with van der Waals surface area (Å²) in [6.07, 6.45) is 16.0. The van der Waals surface area contributed by atoms with Crippen molar-refractivity contribution in [3.8, 4) is 0 Å². The number of nitrogens with one attached hydrogen (secondary N) is 2. The molecule has 0 atom stereocenters. The fourth-order valence-corrected chi connectivity index (χ4v) is 4.78. The Labute approximate surface area is 224 Å². The van der Waals surface area contributed by atoms with E-state index in [0.29, 0.717) is 50.2 Å². The number of rotatable bonds is 8. The average molecular weight is 523 g/mol. The van der Waals surface area contributed by atoms with E-state index in [2.05, 4.69) is 23.3 Å². The van der Waals surface area contributed by atoms with Crippen LogP contribution < -0.4 is 10.6 Å². The van der Waals surface area contributed by atoms with Crippen LogP contribution in [0.4, 0.5) is 4.39 Å². The summed E-state index contributed by atoms with van der Waals surface area (Å²) in [5.74, 6) is -1.27. The second-order valence-electron chi connectivity index (χ2n) is 10.3. The molecule has 7 nitrogen and oxygen atoms in total. The Morgan fingerprint density at radius 1 is 1.05 bits per heavy atom. The van der Waals surface area contributed by atoms with E-state index < -0.39 is 17.3 Å². The van der Waals surface area contributed by atoms with Crippen LogP contribution in [0.25, 0.3) is 5.57 Å². The molecule has 0 bridgehead atoms. The van der Waals surface area contributed by atoms with Gasteiger partial charge < -0.3 is 25.5 Å². The molecule has 0 spiro atoms. The number of halogens is 1. The highest BCUT2D eigenvalue weighted by Crippen LogP contribution is 2.37. The van der Waals surface area contributed by atoms with Crippen molar-refractivity contribution in [2.75, 3.05) is 33.2 Å². The molecule has 1 saturated carbocycles. The Kier molecular flexibility index (Phi) is 9.05. The number of carbonyl (C=O) groups is 2.